The molecule has 0 aliphatic rings. The van der Waals surface area contributed by atoms with Crippen molar-refractivity contribution in [3.05, 3.63) is 34.0 Å². The van der Waals surface area contributed by atoms with E-state index in [1.807, 2.05) is 13.1 Å². The molecule has 1 aromatic carbocycles. The van der Waals surface area contributed by atoms with Gasteiger partial charge >= 0.3 is 0 Å². The zero-order valence-electron chi connectivity index (χ0n) is 9.89. The lowest BCUT2D eigenvalue weighted by molar-refractivity contribution is 0.430. The van der Waals surface area contributed by atoms with Crippen LogP contribution in [-0.4, -0.2) is 7.05 Å². The maximum atomic E-state index is 6.14. The van der Waals surface area contributed by atoms with Crippen LogP contribution in [0, 0.1) is 0 Å². The fourth-order valence-electron chi connectivity index (χ4n) is 1.97. The summed E-state index contributed by atoms with van der Waals surface area (Å²) >= 11 is 12.1. The van der Waals surface area contributed by atoms with Gasteiger partial charge in [0.15, 0.2) is 0 Å². The van der Waals surface area contributed by atoms with Crippen molar-refractivity contribution >= 4 is 34.2 Å². The average molecular weight is 272 g/mol. The van der Waals surface area contributed by atoms with Crippen LogP contribution >= 0.6 is 23.2 Å². The monoisotopic (exact) mass is 271 g/mol. The molecule has 0 amide bonds. The van der Waals surface area contributed by atoms with Crippen molar-refractivity contribution in [3.63, 3.8) is 0 Å². The summed E-state index contributed by atoms with van der Waals surface area (Å²) in [5.41, 5.74) is 0.744. The van der Waals surface area contributed by atoms with Gasteiger partial charge in [-0.3, -0.25) is 0 Å². The van der Waals surface area contributed by atoms with E-state index in [0.29, 0.717) is 10.0 Å². The Balaban J connectivity index is 2.46. The highest BCUT2D eigenvalue weighted by Gasteiger charge is 2.15. The van der Waals surface area contributed by atoms with Crippen molar-refractivity contribution in [1.82, 2.24) is 5.32 Å². The minimum absolute atomic E-state index is 0.224. The molecule has 0 fully saturated rings. The summed E-state index contributed by atoms with van der Waals surface area (Å²) < 4.78 is 5.80. The van der Waals surface area contributed by atoms with Gasteiger partial charge in [-0.15, -0.1) is 0 Å². The van der Waals surface area contributed by atoms with E-state index in [-0.39, 0.29) is 6.04 Å². The van der Waals surface area contributed by atoms with Crippen LogP contribution in [0.5, 0.6) is 0 Å². The van der Waals surface area contributed by atoms with E-state index in [1.54, 1.807) is 12.1 Å². The van der Waals surface area contributed by atoms with Crippen molar-refractivity contribution in [3.8, 4) is 0 Å². The van der Waals surface area contributed by atoms with Gasteiger partial charge in [0.05, 0.1) is 11.1 Å². The molecular weight excluding hydrogens is 257 g/mol. The van der Waals surface area contributed by atoms with E-state index >= 15 is 0 Å². The van der Waals surface area contributed by atoms with E-state index in [4.69, 9.17) is 27.6 Å². The highest BCUT2D eigenvalue weighted by molar-refractivity contribution is 6.38. The molecule has 0 radical (unpaired) electrons. The predicted molar refractivity (Wildman–Crippen MR) is 72.9 cm³/mol. The molecule has 17 heavy (non-hydrogen) atoms. The Bertz CT molecular complexity index is 521. The topological polar surface area (TPSA) is 25.2 Å². The third-order valence-corrected chi connectivity index (χ3v) is 3.37. The van der Waals surface area contributed by atoms with Crippen molar-refractivity contribution in [2.75, 3.05) is 7.05 Å². The summed E-state index contributed by atoms with van der Waals surface area (Å²) in [6.45, 7) is 2.15. The molecule has 0 aliphatic heterocycles. The van der Waals surface area contributed by atoms with Gasteiger partial charge in [0.2, 0.25) is 0 Å². The maximum Gasteiger partial charge on any atom is 0.137 e. The van der Waals surface area contributed by atoms with Crippen LogP contribution in [0.3, 0.4) is 0 Å². The van der Waals surface area contributed by atoms with Gasteiger partial charge in [0, 0.05) is 16.5 Å². The minimum Gasteiger partial charge on any atom is -0.459 e. The summed E-state index contributed by atoms with van der Waals surface area (Å²) in [7, 11) is 1.93. The van der Waals surface area contributed by atoms with Crippen molar-refractivity contribution in [2.45, 2.75) is 25.8 Å². The van der Waals surface area contributed by atoms with Gasteiger partial charge in [-0.25, -0.2) is 0 Å². The van der Waals surface area contributed by atoms with E-state index in [1.165, 1.54) is 0 Å². The maximum absolute atomic E-state index is 6.14. The lowest BCUT2D eigenvalue weighted by atomic mass is 10.1. The third-order valence-electron chi connectivity index (χ3n) is 2.84. The third kappa shape index (κ3) is 2.59. The van der Waals surface area contributed by atoms with E-state index < -0.39 is 0 Å². The average Bonchev–Trinajstić information content (AvgIpc) is 2.69. The zero-order chi connectivity index (χ0) is 12.4. The molecule has 1 heterocycles. The second-order valence-corrected chi connectivity index (χ2v) is 4.92. The second kappa shape index (κ2) is 5.30. The molecule has 2 nitrogen and oxygen atoms in total. The lowest BCUT2D eigenvalue weighted by Gasteiger charge is -2.11. The lowest BCUT2D eigenvalue weighted by Crippen LogP contribution is -2.15. The molecule has 1 unspecified atom stereocenters. The van der Waals surface area contributed by atoms with E-state index in [2.05, 4.69) is 12.2 Å². The van der Waals surface area contributed by atoms with E-state index in [9.17, 15) is 0 Å². The van der Waals surface area contributed by atoms with Crippen LogP contribution in [0.4, 0.5) is 0 Å². The first-order valence-corrected chi connectivity index (χ1v) is 6.47. The molecule has 0 spiro atoms. The number of fused-ring (bicyclic) bond motifs is 1. The normalized spacial score (nSPS) is 13.2. The molecule has 1 N–H and O–H groups in total. The molecule has 0 saturated carbocycles. The standard InChI is InChI=1S/C13H15Cl2NO/c1-3-4-11(16-2)13-7-9-10(15)5-8(14)6-12(9)17-13/h5-7,11,16H,3-4H2,1-2H3. The Morgan fingerprint density at radius 3 is 2.71 bits per heavy atom. The Morgan fingerprint density at radius 2 is 2.06 bits per heavy atom. The first-order valence-electron chi connectivity index (χ1n) is 5.71. The molecule has 1 atom stereocenters. The van der Waals surface area contributed by atoms with Gasteiger partial charge in [0.25, 0.3) is 0 Å². The van der Waals surface area contributed by atoms with Crippen LogP contribution < -0.4 is 5.32 Å². The number of benzene rings is 1. The number of hydrogen-bond acceptors (Lipinski definition) is 2. The molecule has 0 aliphatic carbocycles. The molecule has 0 bridgehead atoms. The fraction of sp³-hybridized carbons (Fsp3) is 0.385. The molecule has 92 valence electrons. The first kappa shape index (κ1) is 12.7. The highest BCUT2D eigenvalue weighted by Crippen LogP contribution is 2.33. The molecule has 2 aromatic rings. The van der Waals surface area contributed by atoms with Crippen molar-refractivity contribution < 1.29 is 4.42 Å². The molecule has 1 aromatic heterocycles. The smallest absolute Gasteiger partial charge is 0.137 e. The number of hydrogen-bond donors (Lipinski definition) is 1. The number of nitrogens with one attached hydrogen (secondary N) is 1. The Morgan fingerprint density at radius 1 is 1.29 bits per heavy atom. The second-order valence-electron chi connectivity index (χ2n) is 4.08. The van der Waals surface area contributed by atoms with Crippen LogP contribution in [0.25, 0.3) is 11.0 Å². The number of furan rings is 1. The van der Waals surface area contributed by atoms with Crippen LogP contribution in [0.2, 0.25) is 10.0 Å². The Labute approximate surface area is 111 Å². The molecule has 0 saturated heterocycles. The summed E-state index contributed by atoms with van der Waals surface area (Å²) in [6, 6.07) is 5.75. The summed E-state index contributed by atoms with van der Waals surface area (Å²) in [6.07, 6.45) is 2.12. The largest absolute Gasteiger partial charge is 0.459 e. The van der Waals surface area contributed by atoms with Crippen molar-refractivity contribution in [2.24, 2.45) is 0 Å². The number of rotatable bonds is 4. The summed E-state index contributed by atoms with van der Waals surface area (Å²) in [5.74, 6) is 0.911. The molecule has 2 rings (SSSR count). The van der Waals surface area contributed by atoms with Gasteiger partial charge in [-0.1, -0.05) is 36.5 Å². The molecular formula is C13H15Cl2NO. The Kier molecular flexibility index (Phi) is 3.97. The quantitative estimate of drug-likeness (QED) is 0.864. The first-order chi connectivity index (χ1) is 8.15. The van der Waals surface area contributed by atoms with Gasteiger partial charge in [0.1, 0.15) is 11.3 Å². The fourth-order valence-corrected chi connectivity index (χ4v) is 2.50. The van der Waals surface area contributed by atoms with Gasteiger partial charge < -0.3 is 9.73 Å². The van der Waals surface area contributed by atoms with Crippen LogP contribution in [0.15, 0.2) is 22.6 Å². The zero-order valence-corrected chi connectivity index (χ0v) is 11.4. The van der Waals surface area contributed by atoms with E-state index in [0.717, 1.165) is 29.6 Å². The van der Waals surface area contributed by atoms with Crippen LogP contribution in [-0.2, 0) is 0 Å². The van der Waals surface area contributed by atoms with Gasteiger partial charge in [-0.05, 0) is 25.6 Å². The van der Waals surface area contributed by atoms with Crippen LogP contribution in [0.1, 0.15) is 31.6 Å². The number of halogens is 2. The summed E-state index contributed by atoms with van der Waals surface area (Å²) in [5, 5.41) is 5.39. The minimum atomic E-state index is 0.224. The summed E-state index contributed by atoms with van der Waals surface area (Å²) in [4.78, 5) is 0. The SMILES string of the molecule is CCCC(NC)c1cc2c(Cl)cc(Cl)cc2o1. The molecule has 4 heteroatoms. The van der Waals surface area contributed by atoms with Gasteiger partial charge in [-0.2, -0.15) is 0 Å². The Hall–Kier alpha value is -0.700. The highest BCUT2D eigenvalue weighted by atomic mass is 35.5. The predicted octanol–water partition coefficient (Wildman–Crippen LogP) is 4.80. The van der Waals surface area contributed by atoms with Crippen molar-refractivity contribution in [1.29, 1.82) is 0 Å².